The number of aliphatic hydroxyl groups excluding tert-OH is 1. The third kappa shape index (κ3) is 2.86. The number of hydrogen-bond acceptors (Lipinski definition) is 6. The zero-order valence-corrected chi connectivity index (χ0v) is 14.6. The van der Waals surface area contributed by atoms with Crippen LogP contribution in [0.15, 0.2) is 24.8 Å². The molecule has 3 aromatic rings. The van der Waals surface area contributed by atoms with Crippen LogP contribution in [0.25, 0.3) is 5.65 Å². The maximum absolute atomic E-state index is 10.7. The van der Waals surface area contributed by atoms with Crippen molar-refractivity contribution in [2.24, 2.45) is 13.0 Å². The number of hydrogen-bond donors (Lipinski definition) is 1. The molecule has 8 nitrogen and oxygen atoms in total. The Morgan fingerprint density at radius 1 is 1.32 bits per heavy atom. The minimum Gasteiger partial charge on any atom is -0.385 e. The molecular formula is C17H23N7O. The third-order valence-corrected chi connectivity index (χ3v) is 5.11. The van der Waals surface area contributed by atoms with Crippen LogP contribution in [0.4, 0.5) is 5.69 Å². The van der Waals surface area contributed by atoms with Gasteiger partial charge in [-0.1, -0.05) is 6.92 Å². The summed E-state index contributed by atoms with van der Waals surface area (Å²) in [5, 5.41) is 23.4. The van der Waals surface area contributed by atoms with Crippen molar-refractivity contribution in [3.05, 3.63) is 36.3 Å². The fourth-order valence-electron chi connectivity index (χ4n) is 3.60. The molecule has 1 aliphatic rings. The van der Waals surface area contributed by atoms with Gasteiger partial charge in [0.1, 0.15) is 18.3 Å². The largest absolute Gasteiger partial charge is 0.385 e. The van der Waals surface area contributed by atoms with Crippen molar-refractivity contribution in [2.45, 2.75) is 32.3 Å². The van der Waals surface area contributed by atoms with Gasteiger partial charge in [0.05, 0.1) is 11.4 Å². The van der Waals surface area contributed by atoms with Gasteiger partial charge < -0.3 is 14.6 Å². The van der Waals surface area contributed by atoms with E-state index >= 15 is 0 Å². The summed E-state index contributed by atoms with van der Waals surface area (Å²) in [7, 11) is 1.92. The van der Waals surface area contributed by atoms with Crippen LogP contribution >= 0.6 is 0 Å². The van der Waals surface area contributed by atoms with E-state index in [9.17, 15) is 5.11 Å². The van der Waals surface area contributed by atoms with Gasteiger partial charge in [0.25, 0.3) is 0 Å². The lowest BCUT2D eigenvalue weighted by Gasteiger charge is -2.35. The first-order valence-electron chi connectivity index (χ1n) is 8.77. The van der Waals surface area contributed by atoms with Crippen LogP contribution in [0.1, 0.15) is 37.4 Å². The smallest absolute Gasteiger partial charge is 0.200 e. The van der Waals surface area contributed by atoms with Crippen molar-refractivity contribution in [3.8, 4) is 0 Å². The summed E-state index contributed by atoms with van der Waals surface area (Å²) in [6.45, 7) is 3.85. The van der Waals surface area contributed by atoms with E-state index in [0.29, 0.717) is 0 Å². The molecule has 1 N–H and O–H groups in total. The zero-order valence-electron chi connectivity index (χ0n) is 14.6. The predicted molar refractivity (Wildman–Crippen MR) is 93.3 cm³/mol. The Labute approximate surface area is 146 Å². The average Bonchev–Trinajstić information content (AvgIpc) is 3.29. The van der Waals surface area contributed by atoms with Crippen LogP contribution in [0, 0.1) is 5.92 Å². The van der Waals surface area contributed by atoms with Crippen LogP contribution in [-0.4, -0.2) is 47.6 Å². The van der Waals surface area contributed by atoms with Gasteiger partial charge in [-0.2, -0.15) is 9.61 Å². The fourth-order valence-corrected chi connectivity index (χ4v) is 3.60. The summed E-state index contributed by atoms with van der Waals surface area (Å²) in [4.78, 5) is 6.62. The molecule has 8 heteroatoms. The molecule has 1 unspecified atom stereocenters. The molecule has 1 saturated heterocycles. The number of aromatic nitrogens is 6. The lowest BCUT2D eigenvalue weighted by Crippen LogP contribution is -2.36. The van der Waals surface area contributed by atoms with Crippen LogP contribution < -0.4 is 4.90 Å². The van der Waals surface area contributed by atoms with Crippen molar-refractivity contribution in [3.63, 3.8) is 0 Å². The number of nitrogens with zero attached hydrogens (tertiary/aromatic N) is 7. The maximum atomic E-state index is 10.7. The second-order valence-corrected chi connectivity index (χ2v) is 6.64. The van der Waals surface area contributed by atoms with Crippen molar-refractivity contribution in [2.75, 3.05) is 18.0 Å². The lowest BCUT2D eigenvalue weighted by molar-refractivity contribution is 0.0825. The van der Waals surface area contributed by atoms with Gasteiger partial charge in [-0.3, -0.25) is 0 Å². The zero-order chi connectivity index (χ0) is 17.4. The Bertz CT molecular complexity index is 863. The lowest BCUT2D eigenvalue weighted by atomic mass is 9.90. The summed E-state index contributed by atoms with van der Waals surface area (Å²) >= 11 is 0. The van der Waals surface area contributed by atoms with E-state index in [1.165, 1.54) is 0 Å². The molecule has 132 valence electrons. The molecule has 0 amide bonds. The molecule has 1 aliphatic heterocycles. The summed E-state index contributed by atoms with van der Waals surface area (Å²) in [5.74, 6) is 0.967. The Morgan fingerprint density at radius 2 is 2.12 bits per heavy atom. The molecule has 0 radical (unpaired) electrons. The number of anilines is 1. The summed E-state index contributed by atoms with van der Waals surface area (Å²) in [5.41, 5.74) is 2.90. The van der Waals surface area contributed by atoms with E-state index in [1.807, 2.05) is 17.8 Å². The molecule has 0 bridgehead atoms. The van der Waals surface area contributed by atoms with Gasteiger partial charge in [0, 0.05) is 32.5 Å². The molecule has 25 heavy (non-hydrogen) atoms. The molecule has 3 aromatic heterocycles. The Hall–Kier alpha value is -2.48. The SMILES string of the molecule is CCc1cc(N2CCC(C(O)c3nccn3C)CC2)c2nncn2n1. The normalized spacial score (nSPS) is 17.3. The molecule has 0 saturated carbocycles. The number of piperidine rings is 1. The van der Waals surface area contributed by atoms with Crippen molar-refractivity contribution in [1.82, 2.24) is 29.4 Å². The number of fused-ring (bicyclic) bond motifs is 1. The molecule has 0 aromatic carbocycles. The number of aryl methyl sites for hydroxylation is 2. The van der Waals surface area contributed by atoms with E-state index in [0.717, 1.165) is 55.2 Å². The average molecular weight is 341 g/mol. The second kappa shape index (κ2) is 6.44. The molecule has 0 spiro atoms. The molecule has 0 aliphatic carbocycles. The van der Waals surface area contributed by atoms with Gasteiger partial charge in [-0.15, -0.1) is 10.2 Å². The van der Waals surface area contributed by atoms with E-state index in [2.05, 4.69) is 38.2 Å². The van der Waals surface area contributed by atoms with Crippen LogP contribution in [0.3, 0.4) is 0 Å². The third-order valence-electron chi connectivity index (χ3n) is 5.11. The molecule has 1 fully saturated rings. The van der Waals surface area contributed by atoms with E-state index in [-0.39, 0.29) is 5.92 Å². The second-order valence-electron chi connectivity index (χ2n) is 6.64. The molecule has 4 heterocycles. The maximum Gasteiger partial charge on any atom is 0.200 e. The van der Waals surface area contributed by atoms with Gasteiger partial charge in [0.2, 0.25) is 5.65 Å². The monoisotopic (exact) mass is 341 g/mol. The van der Waals surface area contributed by atoms with E-state index in [4.69, 9.17) is 0 Å². The first-order valence-corrected chi connectivity index (χ1v) is 8.77. The van der Waals surface area contributed by atoms with E-state index in [1.54, 1.807) is 17.0 Å². The van der Waals surface area contributed by atoms with Gasteiger partial charge in [0.15, 0.2) is 0 Å². The van der Waals surface area contributed by atoms with Crippen molar-refractivity contribution < 1.29 is 5.11 Å². The Kier molecular flexibility index (Phi) is 4.12. The van der Waals surface area contributed by atoms with Crippen molar-refractivity contribution >= 4 is 11.3 Å². The van der Waals surface area contributed by atoms with Crippen LogP contribution in [0.2, 0.25) is 0 Å². The quantitative estimate of drug-likeness (QED) is 0.771. The van der Waals surface area contributed by atoms with Gasteiger partial charge in [-0.25, -0.2) is 4.98 Å². The predicted octanol–water partition coefficient (Wildman–Crippen LogP) is 1.37. The highest BCUT2D eigenvalue weighted by molar-refractivity contribution is 5.68. The first kappa shape index (κ1) is 16.0. The van der Waals surface area contributed by atoms with Crippen LogP contribution in [-0.2, 0) is 13.5 Å². The van der Waals surface area contributed by atoms with Crippen molar-refractivity contribution in [1.29, 1.82) is 0 Å². The van der Waals surface area contributed by atoms with Gasteiger partial charge in [-0.05, 0) is 31.2 Å². The minimum absolute atomic E-state index is 0.221. The highest BCUT2D eigenvalue weighted by atomic mass is 16.3. The number of rotatable bonds is 4. The minimum atomic E-state index is -0.515. The highest BCUT2D eigenvalue weighted by Gasteiger charge is 2.29. The Balaban J connectivity index is 1.52. The topological polar surface area (TPSA) is 84.4 Å². The highest BCUT2D eigenvalue weighted by Crippen LogP contribution is 2.32. The summed E-state index contributed by atoms with van der Waals surface area (Å²) in [6.07, 6.45) is 7.44. The summed E-state index contributed by atoms with van der Waals surface area (Å²) in [6, 6.07) is 2.11. The molecular weight excluding hydrogens is 318 g/mol. The van der Waals surface area contributed by atoms with Crippen LogP contribution in [0.5, 0.6) is 0 Å². The number of imidazole rings is 1. The Morgan fingerprint density at radius 3 is 2.80 bits per heavy atom. The first-order chi connectivity index (χ1) is 12.2. The standard InChI is InChI=1S/C17H23N7O/c1-3-13-10-14(16-20-19-11-24(16)21-13)23-7-4-12(5-8-23)15(25)17-18-6-9-22(17)2/h6,9-12,15,25H,3-5,7-8H2,1-2H3. The number of aliphatic hydroxyl groups is 1. The fraction of sp³-hybridized carbons (Fsp3) is 0.529. The van der Waals surface area contributed by atoms with E-state index < -0.39 is 6.10 Å². The molecule has 1 atom stereocenters. The molecule has 4 rings (SSSR count). The van der Waals surface area contributed by atoms with Gasteiger partial charge >= 0.3 is 0 Å². The summed E-state index contributed by atoms with van der Waals surface area (Å²) < 4.78 is 3.65.